The molecule has 4 aliphatic rings. The SMILES string of the molecule is COC(=O)N[C@H]1CCc2ccn3c2C1C(=O)C[C@H](C(=O)N1CCC[C@H]1C(=O)Nc1ccc(-c2ccc(-c4nc([C@@H]5CCCN5C(=O)[C@@H](C(=O)OC)C(C)CN)[nH]c4Cl)cc2)cc1)C3. The minimum absolute atomic E-state index is 0.0178. The zero-order valence-electron chi connectivity index (χ0n) is 35.6. The highest BCUT2D eigenvalue weighted by Gasteiger charge is 2.45. The number of anilines is 1. The Morgan fingerprint density at radius 1 is 0.921 bits per heavy atom. The van der Waals surface area contributed by atoms with Gasteiger partial charge in [0.1, 0.15) is 34.4 Å². The van der Waals surface area contributed by atoms with Crippen LogP contribution in [0.2, 0.25) is 5.15 Å². The van der Waals surface area contributed by atoms with Crippen molar-refractivity contribution in [3.63, 3.8) is 0 Å². The van der Waals surface area contributed by atoms with Gasteiger partial charge < -0.3 is 45.2 Å². The lowest BCUT2D eigenvalue weighted by Gasteiger charge is -2.31. The van der Waals surface area contributed by atoms with Crippen LogP contribution in [0, 0.1) is 17.8 Å². The second kappa shape index (κ2) is 18.4. The maximum Gasteiger partial charge on any atom is 0.407 e. The lowest BCUT2D eigenvalue weighted by molar-refractivity contribution is -0.156. The molecule has 2 unspecified atom stereocenters. The number of ketones is 1. The summed E-state index contributed by atoms with van der Waals surface area (Å²) in [6.45, 7) is 3.14. The van der Waals surface area contributed by atoms with Gasteiger partial charge in [0.15, 0.2) is 0 Å². The number of aryl methyl sites for hydroxylation is 1. The first kappa shape index (κ1) is 43.6. The number of nitrogens with one attached hydrogen (secondary N) is 3. The summed E-state index contributed by atoms with van der Waals surface area (Å²) in [5.74, 6) is -3.63. The molecule has 4 amide bonds. The molecule has 2 aromatic carbocycles. The fraction of sp³-hybridized carbons (Fsp3) is 0.457. The predicted molar refractivity (Wildman–Crippen MR) is 233 cm³/mol. The monoisotopic (exact) mass is 880 g/mol. The van der Waals surface area contributed by atoms with Crippen molar-refractivity contribution < 1.29 is 38.2 Å². The number of likely N-dealkylation sites (tertiary alicyclic amines) is 2. The minimum atomic E-state index is -1.01. The smallest absolute Gasteiger partial charge is 0.407 e. The van der Waals surface area contributed by atoms with E-state index in [-0.39, 0.29) is 42.5 Å². The number of rotatable bonds is 11. The van der Waals surface area contributed by atoms with Crippen LogP contribution in [0.3, 0.4) is 0 Å². The molecule has 5 heterocycles. The number of Topliss-reactive ketones (excluding diaryl/α,β-unsaturated/α-hetero) is 1. The summed E-state index contributed by atoms with van der Waals surface area (Å²) >= 11 is 6.69. The molecule has 8 rings (SSSR count). The van der Waals surface area contributed by atoms with Crippen molar-refractivity contribution in [2.75, 3.05) is 39.2 Å². The molecule has 332 valence electrons. The number of aromatic amines is 1. The average molecular weight is 881 g/mol. The van der Waals surface area contributed by atoms with Crippen molar-refractivity contribution in [1.29, 1.82) is 0 Å². The number of imidazole rings is 1. The van der Waals surface area contributed by atoms with E-state index in [4.69, 9.17) is 31.8 Å². The Morgan fingerprint density at radius 3 is 2.30 bits per heavy atom. The van der Waals surface area contributed by atoms with Gasteiger partial charge in [-0.25, -0.2) is 9.78 Å². The van der Waals surface area contributed by atoms with Crippen LogP contribution in [-0.2, 0) is 46.4 Å². The summed E-state index contributed by atoms with van der Waals surface area (Å²) in [6, 6.07) is 15.7. The Morgan fingerprint density at radius 2 is 1.60 bits per heavy atom. The number of aromatic nitrogens is 3. The molecule has 63 heavy (non-hydrogen) atoms. The van der Waals surface area contributed by atoms with Gasteiger partial charge in [-0.05, 0) is 85.9 Å². The number of hydrogen-bond acceptors (Lipinski definition) is 10. The van der Waals surface area contributed by atoms with Gasteiger partial charge in [-0.1, -0.05) is 54.9 Å². The van der Waals surface area contributed by atoms with E-state index in [1.165, 1.54) is 14.2 Å². The molecule has 1 aliphatic carbocycles. The van der Waals surface area contributed by atoms with E-state index in [0.29, 0.717) is 74.1 Å². The maximum absolute atomic E-state index is 14.2. The Kier molecular flexibility index (Phi) is 12.7. The van der Waals surface area contributed by atoms with E-state index in [9.17, 15) is 28.8 Å². The van der Waals surface area contributed by atoms with Crippen LogP contribution < -0.4 is 16.4 Å². The third-order valence-electron chi connectivity index (χ3n) is 13.2. The van der Waals surface area contributed by atoms with Gasteiger partial charge >= 0.3 is 12.1 Å². The van der Waals surface area contributed by atoms with E-state index in [2.05, 4.69) is 15.6 Å². The second-order valence-electron chi connectivity index (χ2n) is 17.0. The molecule has 2 aromatic heterocycles. The fourth-order valence-corrected chi connectivity index (χ4v) is 10.2. The van der Waals surface area contributed by atoms with Crippen molar-refractivity contribution in [3.8, 4) is 22.4 Å². The number of hydrogen-bond donors (Lipinski definition) is 4. The Balaban J connectivity index is 0.902. The third kappa shape index (κ3) is 8.57. The molecule has 0 bridgehead atoms. The molecule has 3 aliphatic heterocycles. The van der Waals surface area contributed by atoms with Gasteiger partial charge in [0.2, 0.25) is 17.7 Å². The molecule has 5 N–H and O–H groups in total. The summed E-state index contributed by atoms with van der Waals surface area (Å²) in [6.07, 6.45) is 5.22. The molecule has 7 atom stereocenters. The van der Waals surface area contributed by atoms with Crippen LogP contribution in [0.5, 0.6) is 0 Å². The maximum atomic E-state index is 14.2. The topological polar surface area (TPSA) is 211 Å². The van der Waals surface area contributed by atoms with Crippen LogP contribution in [0.1, 0.15) is 74.5 Å². The van der Waals surface area contributed by atoms with Gasteiger partial charge in [0.25, 0.3) is 0 Å². The Bertz CT molecular complexity index is 2400. The summed E-state index contributed by atoms with van der Waals surface area (Å²) in [4.78, 5) is 91.4. The highest BCUT2D eigenvalue weighted by atomic mass is 35.5. The van der Waals surface area contributed by atoms with Crippen molar-refractivity contribution in [3.05, 3.63) is 83.0 Å². The second-order valence-corrected chi connectivity index (χ2v) is 17.4. The van der Waals surface area contributed by atoms with Crippen LogP contribution in [0.4, 0.5) is 10.5 Å². The zero-order chi connectivity index (χ0) is 44.5. The summed E-state index contributed by atoms with van der Waals surface area (Å²) in [5, 5.41) is 6.18. The number of carbonyl (C=O) groups is 6. The Labute approximate surface area is 370 Å². The number of benzene rings is 2. The lowest BCUT2D eigenvalue weighted by atomic mass is 9.79. The normalized spacial score (nSPS) is 22.7. The first-order valence-corrected chi connectivity index (χ1v) is 22.0. The van der Waals surface area contributed by atoms with Crippen LogP contribution in [0.25, 0.3) is 22.4 Å². The lowest BCUT2D eigenvalue weighted by Crippen LogP contribution is -2.47. The zero-order valence-corrected chi connectivity index (χ0v) is 36.4. The molecule has 0 saturated carbocycles. The van der Waals surface area contributed by atoms with Gasteiger partial charge in [-0.3, -0.25) is 24.0 Å². The standard InChI is InChI=1S/C46H53ClN8O8/c1-25(23-48)36(45(60)62-2)44(59)54-19-4-6-33(54)41-51-38(40(47)52-41)28-10-8-26(9-11-28)27-12-15-31(16-13-27)49-42(57)34-7-5-20-55(34)43(58)30-22-35(56)37-32(50-46(61)63-3)17-14-29-18-21-53(24-30)39(29)37/h8-13,15-16,18,21,25,30,32-34,36-37H,4-7,14,17,19-20,22-24,48H2,1-3H3,(H,49,57)(H,50,61)(H,51,52)/t25?,30-,32-,33-,34-,36-,37?/m0/s1. The number of alkyl carbamates (subject to hydrolysis) is 1. The van der Waals surface area contributed by atoms with Crippen molar-refractivity contribution in [2.45, 2.75) is 82.5 Å². The Hall–Kier alpha value is -6.00. The van der Waals surface area contributed by atoms with Gasteiger partial charge in [0.05, 0.1) is 32.1 Å². The number of amides is 4. The fourth-order valence-electron chi connectivity index (χ4n) is 9.91. The quantitative estimate of drug-likeness (QED) is 0.114. The number of nitrogens with two attached hydrogens (primary N) is 1. The van der Waals surface area contributed by atoms with Crippen LogP contribution >= 0.6 is 11.6 Å². The highest BCUT2D eigenvalue weighted by Crippen LogP contribution is 2.40. The van der Waals surface area contributed by atoms with Crippen LogP contribution in [-0.4, -0.2) is 106 Å². The predicted octanol–water partition coefficient (Wildman–Crippen LogP) is 5.22. The highest BCUT2D eigenvalue weighted by molar-refractivity contribution is 6.32. The van der Waals surface area contributed by atoms with Gasteiger partial charge in [-0.2, -0.15) is 0 Å². The third-order valence-corrected chi connectivity index (χ3v) is 13.5. The number of H-pyrrole nitrogens is 1. The van der Waals surface area contributed by atoms with Crippen molar-refractivity contribution >= 4 is 52.9 Å². The first-order chi connectivity index (χ1) is 30.4. The van der Waals surface area contributed by atoms with E-state index in [0.717, 1.165) is 34.4 Å². The summed E-state index contributed by atoms with van der Waals surface area (Å²) < 4.78 is 11.8. The number of carbonyl (C=O) groups excluding carboxylic acids is 6. The van der Waals surface area contributed by atoms with E-state index < -0.39 is 47.8 Å². The number of methoxy groups -OCH3 is 2. The summed E-state index contributed by atoms with van der Waals surface area (Å²) in [7, 11) is 2.56. The molecular weight excluding hydrogens is 828 g/mol. The molecule has 2 fully saturated rings. The first-order valence-electron chi connectivity index (χ1n) is 21.6. The molecule has 0 radical (unpaired) electrons. The number of ether oxygens (including phenoxy) is 2. The largest absolute Gasteiger partial charge is 0.468 e. The van der Waals surface area contributed by atoms with Gasteiger partial charge in [-0.15, -0.1) is 0 Å². The van der Waals surface area contributed by atoms with E-state index >= 15 is 0 Å². The van der Waals surface area contributed by atoms with E-state index in [1.807, 2.05) is 65.4 Å². The minimum Gasteiger partial charge on any atom is -0.468 e. The molecule has 0 spiro atoms. The summed E-state index contributed by atoms with van der Waals surface area (Å²) in [5.41, 5.74) is 11.5. The molecule has 17 heteroatoms. The molecular formula is C46H53ClN8O8. The van der Waals surface area contributed by atoms with E-state index in [1.54, 1.807) is 16.7 Å². The van der Waals surface area contributed by atoms with Crippen LogP contribution in [0.15, 0.2) is 60.8 Å². The van der Waals surface area contributed by atoms with Crippen molar-refractivity contribution in [2.24, 2.45) is 23.5 Å². The van der Waals surface area contributed by atoms with Gasteiger partial charge in [0, 0.05) is 55.2 Å². The molecule has 16 nitrogen and oxygen atoms in total. The number of esters is 1. The molecule has 4 aromatic rings. The number of nitrogens with zero attached hydrogens (tertiary/aromatic N) is 4. The average Bonchev–Trinajstić information content (AvgIpc) is 4.12. The van der Waals surface area contributed by atoms with Crippen molar-refractivity contribution in [1.82, 2.24) is 29.7 Å². The number of halogens is 1. The molecule has 2 saturated heterocycles.